The van der Waals surface area contributed by atoms with Crippen LogP contribution in [0.4, 0.5) is 0 Å². The molecule has 0 radical (unpaired) electrons. The highest BCUT2D eigenvalue weighted by Gasteiger charge is 2.23. The Hall–Kier alpha value is -1.73. The molecular weight excluding hydrogens is 332 g/mol. The van der Waals surface area contributed by atoms with Gasteiger partial charge in [0, 0.05) is 17.1 Å². The van der Waals surface area contributed by atoms with E-state index in [0.29, 0.717) is 4.90 Å². The number of nitrogens with zero attached hydrogens (tertiary/aromatic N) is 2. The fraction of sp³-hybridized carbons (Fsp3) is 0.312. The van der Waals surface area contributed by atoms with E-state index in [-0.39, 0.29) is 18.7 Å². The van der Waals surface area contributed by atoms with E-state index >= 15 is 0 Å². The molecule has 0 saturated heterocycles. The zero-order valence-corrected chi connectivity index (χ0v) is 14.3. The van der Waals surface area contributed by atoms with Gasteiger partial charge in [0.1, 0.15) is 12.2 Å². The first-order chi connectivity index (χ1) is 11.2. The summed E-state index contributed by atoms with van der Waals surface area (Å²) in [6.45, 7) is 1.86. The molecule has 23 heavy (non-hydrogen) atoms. The van der Waals surface area contributed by atoms with Gasteiger partial charge in [-0.2, -0.15) is 5.10 Å². The van der Waals surface area contributed by atoms with E-state index in [4.69, 9.17) is 4.74 Å². The molecular formula is C16H16N2O3S2. The van der Waals surface area contributed by atoms with Crippen LogP contribution in [0.3, 0.4) is 0 Å². The number of carbonyl (C=O) groups excluding carboxylic acids is 1. The van der Waals surface area contributed by atoms with Gasteiger partial charge in [0.05, 0.1) is 16.4 Å². The van der Waals surface area contributed by atoms with Gasteiger partial charge in [0.25, 0.3) is 5.56 Å². The number of rotatable bonds is 4. The summed E-state index contributed by atoms with van der Waals surface area (Å²) in [5, 5.41) is 4.45. The molecule has 0 unspecified atom stereocenters. The first kappa shape index (κ1) is 16.1. The number of fused-ring (bicyclic) bond motifs is 1. The number of esters is 1. The quantitative estimate of drug-likeness (QED) is 0.792. The van der Waals surface area contributed by atoms with Crippen molar-refractivity contribution in [1.29, 1.82) is 0 Å². The summed E-state index contributed by atoms with van der Waals surface area (Å²) in [7, 11) is 0. The number of carbonyl (C=O) groups is 1. The minimum atomic E-state index is -0.450. The Balaban J connectivity index is 2.11. The van der Waals surface area contributed by atoms with E-state index in [1.807, 2.05) is 30.3 Å². The predicted octanol–water partition coefficient (Wildman–Crippen LogP) is 2.67. The lowest BCUT2D eigenvalue weighted by molar-refractivity contribution is -0.144. The maximum Gasteiger partial charge on any atom is 0.327 e. The third kappa shape index (κ3) is 3.45. The molecule has 120 valence electrons. The molecule has 0 fully saturated rings. The van der Waals surface area contributed by atoms with Crippen molar-refractivity contribution in [3.63, 3.8) is 0 Å². The van der Waals surface area contributed by atoms with Crippen LogP contribution in [0.15, 0.2) is 44.9 Å². The maximum atomic E-state index is 12.6. The second kappa shape index (κ2) is 7.23. The van der Waals surface area contributed by atoms with E-state index in [1.165, 1.54) is 16.4 Å². The van der Waals surface area contributed by atoms with Crippen molar-refractivity contribution in [3.8, 4) is 11.3 Å². The van der Waals surface area contributed by atoms with Gasteiger partial charge in [-0.1, -0.05) is 30.3 Å². The van der Waals surface area contributed by atoms with Crippen LogP contribution in [-0.2, 0) is 16.1 Å². The zero-order chi connectivity index (χ0) is 16.2. The molecule has 5 nitrogen and oxygen atoms in total. The van der Waals surface area contributed by atoms with Crippen LogP contribution < -0.4 is 5.56 Å². The maximum absolute atomic E-state index is 12.6. The van der Waals surface area contributed by atoms with Crippen LogP contribution in [0.1, 0.15) is 6.92 Å². The smallest absolute Gasteiger partial charge is 0.327 e. The van der Waals surface area contributed by atoms with Crippen molar-refractivity contribution in [2.45, 2.75) is 23.3 Å². The first-order valence-corrected chi connectivity index (χ1v) is 9.29. The van der Waals surface area contributed by atoms with Crippen molar-refractivity contribution < 1.29 is 9.53 Å². The average Bonchev–Trinajstić information content (AvgIpc) is 2.58. The van der Waals surface area contributed by atoms with Crippen LogP contribution in [0.5, 0.6) is 0 Å². The molecule has 1 aromatic heterocycles. The summed E-state index contributed by atoms with van der Waals surface area (Å²) >= 11 is 3.18. The van der Waals surface area contributed by atoms with Crippen molar-refractivity contribution in [2.75, 3.05) is 18.1 Å². The molecule has 0 saturated carbocycles. The third-order valence-corrected chi connectivity index (χ3v) is 5.84. The second-order valence-electron chi connectivity index (χ2n) is 4.84. The van der Waals surface area contributed by atoms with Gasteiger partial charge < -0.3 is 4.74 Å². The standard InChI is InChI=1S/C16H16N2O3S2/c1-2-21-12(19)10-18-16(20)15-14(22-8-9-23-15)13(17-18)11-6-4-3-5-7-11/h3-7H,2,8-10H2,1H3. The predicted molar refractivity (Wildman–Crippen MR) is 92.0 cm³/mol. The number of benzene rings is 1. The van der Waals surface area contributed by atoms with Crippen LogP contribution in [0, 0.1) is 0 Å². The Bertz CT molecular complexity index is 775. The highest BCUT2D eigenvalue weighted by atomic mass is 32.2. The molecule has 1 aliphatic heterocycles. The Morgan fingerprint density at radius 2 is 1.91 bits per heavy atom. The highest BCUT2D eigenvalue weighted by molar-refractivity contribution is 8.05. The van der Waals surface area contributed by atoms with E-state index in [2.05, 4.69) is 5.10 Å². The number of aromatic nitrogens is 2. The second-order valence-corrected chi connectivity index (χ2v) is 7.05. The lowest BCUT2D eigenvalue weighted by atomic mass is 10.1. The van der Waals surface area contributed by atoms with E-state index in [0.717, 1.165) is 27.7 Å². The van der Waals surface area contributed by atoms with Gasteiger partial charge >= 0.3 is 5.97 Å². The molecule has 0 atom stereocenters. The molecule has 1 aliphatic rings. The molecule has 0 aliphatic carbocycles. The Morgan fingerprint density at radius 3 is 2.61 bits per heavy atom. The molecule has 2 aromatic rings. The molecule has 1 aromatic carbocycles. The van der Waals surface area contributed by atoms with Gasteiger partial charge in [0.15, 0.2) is 0 Å². The molecule has 7 heteroatoms. The lowest BCUT2D eigenvalue weighted by Crippen LogP contribution is -2.30. The zero-order valence-electron chi connectivity index (χ0n) is 12.7. The van der Waals surface area contributed by atoms with E-state index < -0.39 is 5.97 Å². The SMILES string of the molecule is CCOC(=O)Cn1nc(-c2ccccc2)c2c(c1=O)SCCS2. The fourth-order valence-electron chi connectivity index (χ4n) is 2.30. The van der Waals surface area contributed by atoms with Crippen LogP contribution in [0.2, 0.25) is 0 Å². The summed E-state index contributed by atoms with van der Waals surface area (Å²) in [5.41, 5.74) is 1.47. The Morgan fingerprint density at radius 1 is 1.22 bits per heavy atom. The fourth-order valence-corrected chi connectivity index (χ4v) is 4.70. The average molecular weight is 348 g/mol. The molecule has 0 N–H and O–H groups in total. The van der Waals surface area contributed by atoms with Crippen molar-refractivity contribution in [2.24, 2.45) is 0 Å². The monoisotopic (exact) mass is 348 g/mol. The number of hydrogen-bond acceptors (Lipinski definition) is 6. The summed E-state index contributed by atoms with van der Waals surface area (Å²) in [6, 6.07) is 9.73. The topological polar surface area (TPSA) is 61.2 Å². The van der Waals surface area contributed by atoms with Crippen LogP contribution >= 0.6 is 23.5 Å². The van der Waals surface area contributed by atoms with Gasteiger partial charge in [-0.25, -0.2) is 4.68 Å². The molecule has 0 amide bonds. The lowest BCUT2D eigenvalue weighted by Gasteiger charge is -2.19. The number of hydrogen-bond donors (Lipinski definition) is 0. The van der Waals surface area contributed by atoms with Crippen LogP contribution in [-0.4, -0.2) is 33.9 Å². The van der Waals surface area contributed by atoms with E-state index in [1.54, 1.807) is 18.7 Å². The summed E-state index contributed by atoms with van der Waals surface area (Å²) < 4.78 is 6.16. The minimum absolute atomic E-state index is 0.162. The highest BCUT2D eigenvalue weighted by Crippen LogP contribution is 2.39. The normalized spacial score (nSPS) is 13.4. The van der Waals surface area contributed by atoms with Gasteiger partial charge in [0.2, 0.25) is 0 Å². The van der Waals surface area contributed by atoms with Gasteiger partial charge in [-0.05, 0) is 6.92 Å². The first-order valence-electron chi connectivity index (χ1n) is 7.32. The summed E-state index contributed by atoms with van der Waals surface area (Å²) in [4.78, 5) is 25.9. The van der Waals surface area contributed by atoms with Crippen LogP contribution in [0.25, 0.3) is 11.3 Å². The van der Waals surface area contributed by atoms with Crippen molar-refractivity contribution in [1.82, 2.24) is 9.78 Å². The van der Waals surface area contributed by atoms with Crippen molar-refractivity contribution in [3.05, 3.63) is 40.7 Å². The van der Waals surface area contributed by atoms with Gasteiger partial charge in [-0.15, -0.1) is 23.5 Å². The minimum Gasteiger partial charge on any atom is -0.465 e. The molecule has 2 heterocycles. The Kier molecular flexibility index (Phi) is 5.07. The number of thioether (sulfide) groups is 2. The molecule has 0 bridgehead atoms. The summed E-state index contributed by atoms with van der Waals surface area (Å²) in [6.07, 6.45) is 0. The third-order valence-electron chi connectivity index (χ3n) is 3.28. The molecule has 0 spiro atoms. The summed E-state index contributed by atoms with van der Waals surface area (Å²) in [5.74, 6) is 1.37. The van der Waals surface area contributed by atoms with Crippen molar-refractivity contribution >= 4 is 29.5 Å². The van der Waals surface area contributed by atoms with Gasteiger partial charge in [-0.3, -0.25) is 9.59 Å². The molecule has 3 rings (SSSR count). The van der Waals surface area contributed by atoms with E-state index in [9.17, 15) is 9.59 Å². The Labute approximate surface area is 142 Å². The largest absolute Gasteiger partial charge is 0.465 e. The number of ether oxygens (including phenoxy) is 1.